The van der Waals surface area contributed by atoms with E-state index in [9.17, 15) is 9.59 Å². The summed E-state index contributed by atoms with van der Waals surface area (Å²) in [5.74, 6) is 0.701. The first-order valence-corrected chi connectivity index (χ1v) is 7.72. The number of hydrogen-bond acceptors (Lipinski definition) is 4. The number of rotatable bonds is 3. The van der Waals surface area contributed by atoms with Crippen LogP contribution in [0.1, 0.15) is 12.8 Å². The fourth-order valence-corrected chi connectivity index (χ4v) is 2.69. The summed E-state index contributed by atoms with van der Waals surface area (Å²) in [5, 5.41) is 5.58. The van der Waals surface area contributed by atoms with Gasteiger partial charge in [-0.15, -0.1) is 24.0 Å². The third-order valence-electron chi connectivity index (χ3n) is 3.99. The van der Waals surface area contributed by atoms with E-state index in [1.165, 1.54) is 0 Å². The smallest absolute Gasteiger partial charge is 0.251 e. The molecule has 0 aliphatic carbocycles. The van der Waals surface area contributed by atoms with Crippen LogP contribution in [0.4, 0.5) is 0 Å². The van der Waals surface area contributed by atoms with Gasteiger partial charge in [0.05, 0.1) is 6.54 Å². The van der Waals surface area contributed by atoms with Crippen molar-refractivity contribution < 1.29 is 14.3 Å². The van der Waals surface area contributed by atoms with Crippen LogP contribution in [-0.2, 0) is 14.3 Å². The maximum atomic E-state index is 12.3. The van der Waals surface area contributed by atoms with Gasteiger partial charge in [0.25, 0.3) is 5.91 Å². The number of carbonyl (C=O) groups is 2. The summed E-state index contributed by atoms with van der Waals surface area (Å²) in [6.45, 7) is 3.58. The number of aliphatic imine (C=N–C) groups is 1. The number of hydrogen-bond donors (Lipinski definition) is 2. The van der Waals surface area contributed by atoms with Crippen LogP contribution in [0.5, 0.6) is 0 Å². The van der Waals surface area contributed by atoms with Crippen LogP contribution in [0.15, 0.2) is 4.99 Å². The molecule has 0 aromatic heterocycles. The summed E-state index contributed by atoms with van der Waals surface area (Å²) in [5.41, 5.74) is 0. The molecule has 9 heteroatoms. The molecule has 2 heterocycles. The average molecular weight is 439 g/mol. The van der Waals surface area contributed by atoms with Crippen LogP contribution in [0.3, 0.4) is 0 Å². The lowest BCUT2D eigenvalue weighted by molar-refractivity contribution is -0.142. The van der Waals surface area contributed by atoms with E-state index in [1.807, 2.05) is 4.90 Å². The molecule has 0 aromatic rings. The number of guanidine groups is 1. The molecular weight excluding hydrogens is 413 g/mol. The molecule has 0 saturated carbocycles. The molecular formula is C14H26IN5O3. The van der Waals surface area contributed by atoms with E-state index in [2.05, 4.69) is 20.5 Å². The molecule has 132 valence electrons. The van der Waals surface area contributed by atoms with Crippen LogP contribution in [0, 0.1) is 0 Å². The first kappa shape index (κ1) is 19.9. The predicted molar refractivity (Wildman–Crippen MR) is 98.0 cm³/mol. The molecule has 2 N–H and O–H groups in total. The molecule has 0 aromatic carbocycles. The highest BCUT2D eigenvalue weighted by Crippen LogP contribution is 2.16. The lowest BCUT2D eigenvalue weighted by Crippen LogP contribution is -2.56. The second-order valence-corrected chi connectivity index (χ2v) is 5.39. The van der Waals surface area contributed by atoms with Crippen molar-refractivity contribution in [1.29, 1.82) is 0 Å². The lowest BCUT2D eigenvalue weighted by atomic mass is 10.2. The van der Waals surface area contributed by atoms with E-state index in [-0.39, 0.29) is 48.4 Å². The van der Waals surface area contributed by atoms with Gasteiger partial charge in [-0.2, -0.15) is 0 Å². The molecule has 0 spiro atoms. The van der Waals surface area contributed by atoms with Gasteiger partial charge in [-0.25, -0.2) is 0 Å². The van der Waals surface area contributed by atoms with Gasteiger partial charge in [-0.05, 0) is 12.8 Å². The van der Waals surface area contributed by atoms with Crippen molar-refractivity contribution in [1.82, 2.24) is 20.4 Å². The number of ether oxygens (including phenoxy) is 1. The van der Waals surface area contributed by atoms with Gasteiger partial charge >= 0.3 is 0 Å². The molecule has 8 nitrogen and oxygen atoms in total. The summed E-state index contributed by atoms with van der Waals surface area (Å²) < 4.78 is 5.46. The minimum atomic E-state index is -0.253. The van der Waals surface area contributed by atoms with E-state index in [1.54, 1.807) is 14.1 Å². The topological polar surface area (TPSA) is 86.3 Å². The number of halogens is 1. The highest BCUT2D eigenvalue weighted by molar-refractivity contribution is 14.0. The number of nitrogens with one attached hydrogen (secondary N) is 2. The van der Waals surface area contributed by atoms with E-state index in [0.29, 0.717) is 38.7 Å². The van der Waals surface area contributed by atoms with Gasteiger partial charge in [0, 0.05) is 46.9 Å². The molecule has 2 saturated heterocycles. The molecule has 1 unspecified atom stereocenters. The molecule has 0 bridgehead atoms. The second-order valence-electron chi connectivity index (χ2n) is 5.39. The van der Waals surface area contributed by atoms with Gasteiger partial charge in [0.2, 0.25) is 5.91 Å². The zero-order valence-electron chi connectivity index (χ0n) is 13.7. The Balaban J connectivity index is 0.00000264. The fraction of sp³-hybridized carbons (Fsp3) is 0.786. The first-order chi connectivity index (χ1) is 10.7. The Labute approximate surface area is 154 Å². The highest BCUT2D eigenvalue weighted by Gasteiger charge is 2.30. The summed E-state index contributed by atoms with van der Waals surface area (Å²) in [7, 11) is 3.29. The molecule has 2 fully saturated rings. The Morgan fingerprint density at radius 2 is 1.87 bits per heavy atom. The Kier molecular flexibility index (Phi) is 8.59. The summed E-state index contributed by atoms with van der Waals surface area (Å²) >= 11 is 0. The van der Waals surface area contributed by atoms with Crippen LogP contribution in [0.2, 0.25) is 0 Å². The number of carbonyl (C=O) groups excluding carboxylic acids is 2. The zero-order valence-corrected chi connectivity index (χ0v) is 16.0. The molecule has 2 rings (SSSR count). The van der Waals surface area contributed by atoms with Crippen LogP contribution < -0.4 is 10.6 Å². The monoisotopic (exact) mass is 439 g/mol. The van der Waals surface area contributed by atoms with Crippen molar-refractivity contribution in [2.75, 3.05) is 53.4 Å². The van der Waals surface area contributed by atoms with E-state index >= 15 is 0 Å². The normalized spacial score (nSPS) is 21.7. The quantitative estimate of drug-likeness (QED) is 0.344. The number of likely N-dealkylation sites (N-methyl/N-ethyl adjacent to an activating group) is 1. The van der Waals surface area contributed by atoms with E-state index in [0.717, 1.165) is 12.8 Å². The summed E-state index contributed by atoms with van der Waals surface area (Å²) in [6, 6.07) is 0. The van der Waals surface area contributed by atoms with Crippen molar-refractivity contribution in [2.45, 2.75) is 18.9 Å². The molecule has 0 radical (unpaired) electrons. The van der Waals surface area contributed by atoms with Crippen molar-refractivity contribution in [3.63, 3.8) is 0 Å². The summed E-state index contributed by atoms with van der Waals surface area (Å²) in [4.78, 5) is 31.7. The van der Waals surface area contributed by atoms with Gasteiger partial charge in [-0.3, -0.25) is 14.6 Å². The SMILES string of the molecule is CN=C(NCC(=O)NC)N1CCN(C(=O)C2CCCO2)CC1.I. The lowest BCUT2D eigenvalue weighted by Gasteiger charge is -2.37. The maximum Gasteiger partial charge on any atom is 0.251 e. The largest absolute Gasteiger partial charge is 0.368 e. The molecule has 23 heavy (non-hydrogen) atoms. The Morgan fingerprint density at radius 3 is 2.39 bits per heavy atom. The van der Waals surface area contributed by atoms with Gasteiger partial charge < -0.3 is 25.2 Å². The van der Waals surface area contributed by atoms with Crippen molar-refractivity contribution in [3.8, 4) is 0 Å². The number of amides is 2. The third-order valence-corrected chi connectivity index (χ3v) is 3.99. The summed E-state index contributed by atoms with van der Waals surface area (Å²) in [6.07, 6.45) is 1.54. The minimum Gasteiger partial charge on any atom is -0.368 e. The van der Waals surface area contributed by atoms with Gasteiger partial charge in [-0.1, -0.05) is 0 Å². The molecule has 2 aliphatic rings. The number of nitrogens with zero attached hydrogens (tertiary/aromatic N) is 3. The van der Waals surface area contributed by atoms with Crippen LogP contribution in [-0.4, -0.2) is 87.1 Å². The maximum absolute atomic E-state index is 12.3. The highest BCUT2D eigenvalue weighted by atomic mass is 127. The fourth-order valence-electron chi connectivity index (χ4n) is 2.69. The molecule has 2 aliphatic heterocycles. The predicted octanol–water partition coefficient (Wildman–Crippen LogP) is -0.751. The number of piperazine rings is 1. The van der Waals surface area contributed by atoms with Gasteiger partial charge in [0.1, 0.15) is 6.10 Å². The van der Waals surface area contributed by atoms with Gasteiger partial charge in [0.15, 0.2) is 5.96 Å². The van der Waals surface area contributed by atoms with E-state index in [4.69, 9.17) is 4.74 Å². The Hall–Kier alpha value is -1.10. The van der Waals surface area contributed by atoms with Crippen LogP contribution in [0.25, 0.3) is 0 Å². The minimum absolute atomic E-state index is 0. The molecule has 2 amide bonds. The second kappa shape index (κ2) is 9.91. The van der Waals surface area contributed by atoms with E-state index < -0.39 is 0 Å². The molecule has 1 atom stereocenters. The standard InChI is InChI=1S/C14H25N5O3.HI/c1-15-12(20)10-17-14(16-2)19-7-5-18(6-8-19)13(21)11-4-3-9-22-11;/h11H,3-10H2,1-2H3,(H,15,20)(H,16,17);1H. The first-order valence-electron chi connectivity index (χ1n) is 7.72. The zero-order chi connectivity index (χ0) is 15.9. The van der Waals surface area contributed by atoms with Crippen molar-refractivity contribution >= 4 is 41.8 Å². The average Bonchev–Trinajstić information content (AvgIpc) is 3.09. The van der Waals surface area contributed by atoms with Crippen molar-refractivity contribution in [2.24, 2.45) is 4.99 Å². The Morgan fingerprint density at radius 1 is 1.22 bits per heavy atom. The Bertz CT molecular complexity index is 432. The van der Waals surface area contributed by atoms with Crippen molar-refractivity contribution in [3.05, 3.63) is 0 Å². The van der Waals surface area contributed by atoms with Crippen LogP contribution >= 0.6 is 24.0 Å². The third kappa shape index (κ3) is 5.48.